The van der Waals surface area contributed by atoms with E-state index in [1.807, 2.05) is 18.2 Å². The van der Waals surface area contributed by atoms with E-state index in [-0.39, 0.29) is 5.91 Å². The first-order chi connectivity index (χ1) is 17.8. The Bertz CT molecular complexity index is 1270. The summed E-state index contributed by atoms with van der Waals surface area (Å²) in [6, 6.07) is 18.0. The second kappa shape index (κ2) is 11.5. The Labute approximate surface area is 213 Å². The average molecular weight is 512 g/mol. The van der Waals surface area contributed by atoms with Crippen molar-refractivity contribution in [3.05, 3.63) is 89.0 Å². The van der Waals surface area contributed by atoms with E-state index in [1.165, 1.54) is 31.4 Å². The number of hydrogen-bond acceptors (Lipinski definition) is 4. The Balaban J connectivity index is 1.44. The molecule has 1 aliphatic heterocycles. The highest BCUT2D eigenvalue weighted by Gasteiger charge is 2.31. The number of carbonyl (C=O) groups is 2. The zero-order valence-corrected chi connectivity index (χ0v) is 20.4. The van der Waals surface area contributed by atoms with Crippen LogP contribution in [-0.2, 0) is 23.6 Å². The highest BCUT2D eigenvalue weighted by molar-refractivity contribution is 6.08. The molecule has 0 fully saturated rings. The number of carbonyl (C=O) groups excluding carboxylic acids is 2. The molecule has 0 saturated carbocycles. The molecule has 9 heteroatoms. The lowest BCUT2D eigenvalue weighted by Gasteiger charge is -2.29. The minimum absolute atomic E-state index is 0.319. The van der Waals surface area contributed by atoms with Crippen LogP contribution >= 0.6 is 0 Å². The van der Waals surface area contributed by atoms with Gasteiger partial charge in [-0.2, -0.15) is 8.78 Å². The summed E-state index contributed by atoms with van der Waals surface area (Å²) in [5, 5.41) is 5.62. The van der Waals surface area contributed by atoms with E-state index < -0.39 is 24.3 Å². The molecule has 0 unspecified atom stereocenters. The SMILES string of the molecule is COC(=O)NCCN1CCc2cc(NC(=O)c3ccccc3-c3ccc(C(F)(F)CF)cc3)ccc2C1. The number of nitrogens with zero attached hydrogens (tertiary/aromatic N) is 1. The number of rotatable bonds is 8. The first kappa shape index (κ1) is 26.2. The molecule has 1 heterocycles. The van der Waals surface area contributed by atoms with E-state index in [2.05, 4.69) is 20.3 Å². The molecule has 1 aliphatic rings. The van der Waals surface area contributed by atoms with Crippen LogP contribution in [0.3, 0.4) is 0 Å². The maximum absolute atomic E-state index is 13.6. The predicted octanol–water partition coefficient (Wildman–Crippen LogP) is 5.38. The fourth-order valence-electron chi connectivity index (χ4n) is 4.37. The standard InChI is InChI=1S/C28H28F3N3O3/c1-37-27(36)32-13-15-34-14-12-20-16-23(11-8-21(20)17-34)33-26(35)25-5-3-2-4-24(25)19-6-9-22(10-7-19)28(30,31)18-29/h2-11,16H,12-15,17-18H2,1H3,(H,32,36)(H,33,35). The molecule has 2 amide bonds. The van der Waals surface area contributed by atoms with Gasteiger partial charge < -0.3 is 15.4 Å². The van der Waals surface area contributed by atoms with Crippen molar-refractivity contribution in [1.82, 2.24) is 10.2 Å². The lowest BCUT2D eigenvalue weighted by Crippen LogP contribution is -2.37. The van der Waals surface area contributed by atoms with Crippen molar-refractivity contribution in [1.29, 1.82) is 0 Å². The van der Waals surface area contributed by atoms with Crippen LogP contribution < -0.4 is 10.6 Å². The van der Waals surface area contributed by atoms with Gasteiger partial charge in [-0.25, -0.2) is 9.18 Å². The van der Waals surface area contributed by atoms with Crippen molar-refractivity contribution >= 4 is 17.7 Å². The highest BCUT2D eigenvalue weighted by Crippen LogP contribution is 2.32. The molecule has 194 valence electrons. The van der Waals surface area contributed by atoms with Crippen molar-refractivity contribution in [3.8, 4) is 11.1 Å². The quantitative estimate of drug-likeness (QED) is 0.426. The summed E-state index contributed by atoms with van der Waals surface area (Å²) >= 11 is 0. The first-order valence-corrected chi connectivity index (χ1v) is 11.9. The van der Waals surface area contributed by atoms with Crippen LogP contribution in [0.5, 0.6) is 0 Å². The summed E-state index contributed by atoms with van der Waals surface area (Å²) < 4.78 is 44.5. The monoisotopic (exact) mass is 511 g/mol. The lowest BCUT2D eigenvalue weighted by molar-refractivity contribution is -0.0280. The van der Waals surface area contributed by atoms with E-state index in [1.54, 1.807) is 24.3 Å². The van der Waals surface area contributed by atoms with E-state index in [0.717, 1.165) is 30.6 Å². The summed E-state index contributed by atoms with van der Waals surface area (Å²) in [5.74, 6) is -3.86. The Morgan fingerprint density at radius 1 is 1.03 bits per heavy atom. The third kappa shape index (κ3) is 6.29. The maximum atomic E-state index is 13.6. The second-order valence-electron chi connectivity index (χ2n) is 8.84. The van der Waals surface area contributed by atoms with Crippen LogP contribution in [-0.4, -0.2) is 50.3 Å². The summed E-state index contributed by atoms with van der Waals surface area (Å²) in [6.07, 6.45) is 0.360. The first-order valence-electron chi connectivity index (χ1n) is 11.9. The number of halogens is 3. The lowest BCUT2D eigenvalue weighted by atomic mass is 9.96. The molecular weight excluding hydrogens is 483 g/mol. The number of alkyl carbamates (subject to hydrolysis) is 1. The molecule has 3 aromatic rings. The number of ether oxygens (including phenoxy) is 1. The van der Waals surface area contributed by atoms with Crippen LogP contribution in [0.2, 0.25) is 0 Å². The Morgan fingerprint density at radius 3 is 2.51 bits per heavy atom. The Kier molecular flexibility index (Phi) is 8.13. The smallest absolute Gasteiger partial charge is 0.406 e. The summed E-state index contributed by atoms with van der Waals surface area (Å²) in [4.78, 5) is 26.6. The average Bonchev–Trinajstić information content (AvgIpc) is 2.93. The largest absolute Gasteiger partial charge is 0.453 e. The molecule has 0 radical (unpaired) electrons. The fourth-order valence-corrected chi connectivity index (χ4v) is 4.37. The number of nitrogens with one attached hydrogen (secondary N) is 2. The van der Waals surface area contributed by atoms with Gasteiger partial charge in [0.2, 0.25) is 0 Å². The van der Waals surface area contributed by atoms with Crippen molar-refractivity contribution in [2.75, 3.05) is 38.7 Å². The second-order valence-corrected chi connectivity index (χ2v) is 8.84. The van der Waals surface area contributed by atoms with Crippen molar-refractivity contribution in [2.45, 2.75) is 18.9 Å². The zero-order chi connectivity index (χ0) is 26.4. The zero-order valence-electron chi connectivity index (χ0n) is 20.4. The van der Waals surface area contributed by atoms with Crippen molar-refractivity contribution in [3.63, 3.8) is 0 Å². The van der Waals surface area contributed by atoms with E-state index in [0.29, 0.717) is 35.5 Å². The van der Waals surface area contributed by atoms with E-state index in [4.69, 9.17) is 0 Å². The molecule has 0 atom stereocenters. The number of amides is 2. The molecule has 6 nitrogen and oxygen atoms in total. The number of alkyl halides is 3. The topological polar surface area (TPSA) is 70.7 Å². The number of anilines is 1. The van der Waals surface area contributed by atoms with Gasteiger partial charge in [0.25, 0.3) is 5.91 Å². The highest BCUT2D eigenvalue weighted by atomic mass is 19.3. The number of methoxy groups -OCH3 is 1. The van der Waals surface area contributed by atoms with Gasteiger partial charge in [-0.15, -0.1) is 0 Å². The predicted molar refractivity (Wildman–Crippen MR) is 136 cm³/mol. The van der Waals surface area contributed by atoms with Gasteiger partial charge in [0.1, 0.15) is 0 Å². The van der Waals surface area contributed by atoms with Crippen LogP contribution in [0.4, 0.5) is 23.7 Å². The van der Waals surface area contributed by atoms with Gasteiger partial charge in [0.15, 0.2) is 6.67 Å². The molecule has 3 aromatic carbocycles. The minimum Gasteiger partial charge on any atom is -0.453 e. The Morgan fingerprint density at radius 2 is 1.78 bits per heavy atom. The van der Waals surface area contributed by atoms with E-state index >= 15 is 0 Å². The number of hydrogen-bond donors (Lipinski definition) is 2. The van der Waals surface area contributed by atoms with Crippen molar-refractivity contribution < 1.29 is 27.5 Å². The van der Waals surface area contributed by atoms with Gasteiger partial charge in [-0.3, -0.25) is 9.69 Å². The molecular formula is C28H28F3N3O3. The van der Waals surface area contributed by atoms with Crippen LogP contribution in [0.25, 0.3) is 11.1 Å². The van der Waals surface area contributed by atoms with Gasteiger partial charge in [0.05, 0.1) is 7.11 Å². The molecule has 0 aliphatic carbocycles. The summed E-state index contributed by atoms with van der Waals surface area (Å²) in [6.45, 7) is 1.00. The molecule has 4 rings (SSSR count). The van der Waals surface area contributed by atoms with Crippen LogP contribution in [0.1, 0.15) is 27.0 Å². The summed E-state index contributed by atoms with van der Waals surface area (Å²) in [5.41, 5.74) is 4.13. The fraction of sp³-hybridized carbons (Fsp3) is 0.286. The molecule has 0 bridgehead atoms. The number of benzene rings is 3. The van der Waals surface area contributed by atoms with Gasteiger partial charge >= 0.3 is 12.0 Å². The van der Waals surface area contributed by atoms with E-state index in [9.17, 15) is 22.8 Å². The molecule has 2 N–H and O–H groups in total. The van der Waals surface area contributed by atoms with Gasteiger partial charge in [0, 0.05) is 43.0 Å². The summed E-state index contributed by atoms with van der Waals surface area (Å²) in [7, 11) is 1.33. The normalized spacial score (nSPS) is 13.5. The van der Waals surface area contributed by atoms with Crippen LogP contribution in [0, 0.1) is 0 Å². The molecule has 0 aromatic heterocycles. The van der Waals surface area contributed by atoms with Crippen LogP contribution in [0.15, 0.2) is 66.7 Å². The number of fused-ring (bicyclic) bond motifs is 1. The Hall–Kier alpha value is -3.85. The molecule has 0 saturated heterocycles. The minimum atomic E-state index is -3.54. The maximum Gasteiger partial charge on any atom is 0.406 e. The third-order valence-electron chi connectivity index (χ3n) is 6.40. The third-order valence-corrected chi connectivity index (χ3v) is 6.40. The van der Waals surface area contributed by atoms with Gasteiger partial charge in [-0.1, -0.05) is 48.5 Å². The van der Waals surface area contributed by atoms with Crippen molar-refractivity contribution in [2.24, 2.45) is 0 Å². The molecule has 0 spiro atoms. The molecule has 37 heavy (non-hydrogen) atoms. The van der Waals surface area contributed by atoms with Gasteiger partial charge in [-0.05, 0) is 46.9 Å².